The van der Waals surface area contributed by atoms with Gasteiger partial charge in [-0.3, -0.25) is 14.9 Å². The van der Waals surface area contributed by atoms with Crippen molar-refractivity contribution in [2.45, 2.75) is 19.8 Å². The summed E-state index contributed by atoms with van der Waals surface area (Å²) >= 11 is 3.11. The van der Waals surface area contributed by atoms with Crippen molar-refractivity contribution in [3.05, 3.63) is 32.8 Å². The van der Waals surface area contributed by atoms with E-state index in [1.165, 1.54) is 18.2 Å². The van der Waals surface area contributed by atoms with Crippen LogP contribution < -0.4 is 11.1 Å². The Bertz CT molecular complexity index is 479. The Hall–Kier alpha value is -1.47. The van der Waals surface area contributed by atoms with Gasteiger partial charge in [0.1, 0.15) is 0 Å². The Morgan fingerprint density at radius 2 is 2.26 bits per heavy atom. The number of nitrogens with zero attached hydrogens (tertiary/aromatic N) is 1. The van der Waals surface area contributed by atoms with Crippen molar-refractivity contribution in [1.82, 2.24) is 0 Å². The van der Waals surface area contributed by atoms with Gasteiger partial charge in [0.05, 0.1) is 9.40 Å². The molecule has 1 atom stereocenters. The SMILES string of the molecule is CC(CCCN)C(=O)Nc1ccc([N+](=O)[O-])c(Br)c1. The molecule has 7 heteroatoms. The summed E-state index contributed by atoms with van der Waals surface area (Å²) in [6, 6.07) is 4.38. The van der Waals surface area contributed by atoms with E-state index in [1.54, 1.807) is 0 Å². The third-order valence-corrected chi connectivity index (χ3v) is 3.34. The maximum Gasteiger partial charge on any atom is 0.283 e. The number of nitro groups is 1. The first-order chi connectivity index (χ1) is 8.95. The summed E-state index contributed by atoms with van der Waals surface area (Å²) in [5, 5.41) is 13.4. The molecule has 1 aromatic carbocycles. The summed E-state index contributed by atoms with van der Waals surface area (Å²) in [4.78, 5) is 22.0. The summed E-state index contributed by atoms with van der Waals surface area (Å²) in [7, 11) is 0. The van der Waals surface area contributed by atoms with E-state index in [1.807, 2.05) is 6.92 Å². The molecule has 6 nitrogen and oxygen atoms in total. The molecule has 1 amide bonds. The van der Waals surface area contributed by atoms with E-state index in [0.717, 1.165) is 12.8 Å². The van der Waals surface area contributed by atoms with Crippen LogP contribution in [0, 0.1) is 16.0 Å². The number of anilines is 1. The summed E-state index contributed by atoms with van der Waals surface area (Å²) in [6.45, 7) is 2.38. The van der Waals surface area contributed by atoms with E-state index in [0.29, 0.717) is 16.7 Å². The highest BCUT2D eigenvalue weighted by molar-refractivity contribution is 9.10. The predicted molar refractivity (Wildman–Crippen MR) is 76.9 cm³/mol. The van der Waals surface area contributed by atoms with Crippen molar-refractivity contribution in [3.8, 4) is 0 Å². The van der Waals surface area contributed by atoms with Gasteiger partial charge in [0, 0.05) is 17.7 Å². The van der Waals surface area contributed by atoms with Gasteiger partial charge < -0.3 is 11.1 Å². The van der Waals surface area contributed by atoms with Crippen molar-refractivity contribution >= 4 is 33.2 Å². The molecule has 0 fully saturated rings. The molecule has 0 saturated carbocycles. The molecule has 0 aliphatic rings. The molecule has 1 rings (SSSR count). The van der Waals surface area contributed by atoms with Crippen LogP contribution in [0.5, 0.6) is 0 Å². The standard InChI is InChI=1S/C12H16BrN3O3/c1-8(3-2-6-14)12(17)15-9-4-5-11(16(18)19)10(13)7-9/h4-5,7-8H,2-3,6,14H2,1H3,(H,15,17). The largest absolute Gasteiger partial charge is 0.330 e. The van der Waals surface area contributed by atoms with Crippen LogP contribution in [0.25, 0.3) is 0 Å². The van der Waals surface area contributed by atoms with E-state index < -0.39 is 4.92 Å². The van der Waals surface area contributed by atoms with Gasteiger partial charge in [-0.05, 0) is 47.4 Å². The van der Waals surface area contributed by atoms with Crippen LogP contribution in [0.1, 0.15) is 19.8 Å². The van der Waals surface area contributed by atoms with Gasteiger partial charge in [-0.15, -0.1) is 0 Å². The number of carbonyl (C=O) groups is 1. The van der Waals surface area contributed by atoms with Crippen LogP contribution in [0.4, 0.5) is 11.4 Å². The third kappa shape index (κ3) is 4.60. The van der Waals surface area contributed by atoms with E-state index in [-0.39, 0.29) is 17.5 Å². The Morgan fingerprint density at radius 3 is 2.79 bits per heavy atom. The smallest absolute Gasteiger partial charge is 0.283 e. The number of nitro benzene ring substituents is 1. The Morgan fingerprint density at radius 1 is 1.58 bits per heavy atom. The lowest BCUT2D eigenvalue weighted by atomic mass is 10.0. The Labute approximate surface area is 119 Å². The minimum Gasteiger partial charge on any atom is -0.330 e. The van der Waals surface area contributed by atoms with Crippen molar-refractivity contribution in [1.29, 1.82) is 0 Å². The van der Waals surface area contributed by atoms with Gasteiger partial charge in [-0.2, -0.15) is 0 Å². The number of benzene rings is 1. The first-order valence-corrected chi connectivity index (χ1v) is 6.70. The van der Waals surface area contributed by atoms with Gasteiger partial charge in [0.25, 0.3) is 5.69 Å². The molecule has 0 aromatic heterocycles. The first-order valence-electron chi connectivity index (χ1n) is 5.90. The van der Waals surface area contributed by atoms with Crippen molar-refractivity contribution in [2.24, 2.45) is 11.7 Å². The number of carbonyl (C=O) groups excluding carboxylic acids is 1. The Kier molecular flexibility index (Phi) is 5.91. The topological polar surface area (TPSA) is 98.3 Å². The fourth-order valence-corrected chi connectivity index (χ4v) is 2.08. The highest BCUT2D eigenvalue weighted by atomic mass is 79.9. The zero-order chi connectivity index (χ0) is 14.4. The molecule has 0 spiro atoms. The van der Waals surface area contributed by atoms with Crippen LogP contribution in [-0.2, 0) is 4.79 Å². The van der Waals surface area contributed by atoms with Gasteiger partial charge in [-0.25, -0.2) is 0 Å². The summed E-state index contributed by atoms with van der Waals surface area (Å²) < 4.78 is 0.338. The van der Waals surface area contributed by atoms with Gasteiger partial charge >= 0.3 is 0 Å². The average molecular weight is 330 g/mol. The summed E-state index contributed by atoms with van der Waals surface area (Å²) in [5.74, 6) is -0.258. The zero-order valence-electron chi connectivity index (χ0n) is 10.6. The number of hydrogen-bond donors (Lipinski definition) is 2. The highest BCUT2D eigenvalue weighted by Gasteiger charge is 2.15. The molecule has 19 heavy (non-hydrogen) atoms. The Balaban J connectivity index is 2.70. The van der Waals surface area contributed by atoms with Gasteiger partial charge in [0.15, 0.2) is 0 Å². The minimum atomic E-state index is -0.487. The molecule has 104 valence electrons. The molecule has 0 bridgehead atoms. The van der Waals surface area contributed by atoms with E-state index in [4.69, 9.17) is 5.73 Å². The third-order valence-electron chi connectivity index (χ3n) is 2.70. The maximum atomic E-state index is 11.8. The van der Waals surface area contributed by atoms with Gasteiger partial charge in [-0.1, -0.05) is 6.92 Å². The maximum absolute atomic E-state index is 11.8. The normalized spacial score (nSPS) is 11.9. The van der Waals surface area contributed by atoms with Crippen molar-refractivity contribution in [2.75, 3.05) is 11.9 Å². The van der Waals surface area contributed by atoms with Crippen molar-refractivity contribution in [3.63, 3.8) is 0 Å². The lowest BCUT2D eigenvalue weighted by molar-refractivity contribution is -0.385. The summed E-state index contributed by atoms with van der Waals surface area (Å²) in [6.07, 6.45) is 1.51. The lowest BCUT2D eigenvalue weighted by Gasteiger charge is -2.11. The fraction of sp³-hybridized carbons (Fsp3) is 0.417. The second-order valence-corrected chi connectivity index (χ2v) is 5.10. The number of nitrogens with one attached hydrogen (secondary N) is 1. The highest BCUT2D eigenvalue weighted by Crippen LogP contribution is 2.27. The van der Waals surface area contributed by atoms with E-state index in [2.05, 4.69) is 21.2 Å². The van der Waals surface area contributed by atoms with Crippen LogP contribution in [0.3, 0.4) is 0 Å². The quantitative estimate of drug-likeness (QED) is 0.619. The van der Waals surface area contributed by atoms with Crippen LogP contribution >= 0.6 is 15.9 Å². The van der Waals surface area contributed by atoms with Gasteiger partial charge in [0.2, 0.25) is 5.91 Å². The molecule has 3 N–H and O–H groups in total. The lowest BCUT2D eigenvalue weighted by Crippen LogP contribution is -2.21. The van der Waals surface area contributed by atoms with Crippen LogP contribution in [-0.4, -0.2) is 17.4 Å². The first kappa shape index (κ1) is 15.6. The predicted octanol–water partition coefficient (Wildman–Crippen LogP) is 2.67. The molecule has 0 aliphatic heterocycles. The molecule has 0 heterocycles. The zero-order valence-corrected chi connectivity index (χ0v) is 12.1. The number of hydrogen-bond acceptors (Lipinski definition) is 4. The summed E-state index contributed by atoms with van der Waals surface area (Å²) in [5.41, 5.74) is 5.89. The molecular weight excluding hydrogens is 314 g/mol. The molecule has 0 radical (unpaired) electrons. The average Bonchev–Trinajstić information content (AvgIpc) is 2.35. The number of rotatable bonds is 6. The fourth-order valence-electron chi connectivity index (χ4n) is 1.55. The number of amides is 1. The second kappa shape index (κ2) is 7.20. The molecule has 1 unspecified atom stereocenters. The molecule has 0 aliphatic carbocycles. The second-order valence-electron chi connectivity index (χ2n) is 4.24. The van der Waals surface area contributed by atoms with Crippen LogP contribution in [0.2, 0.25) is 0 Å². The monoisotopic (exact) mass is 329 g/mol. The van der Waals surface area contributed by atoms with E-state index >= 15 is 0 Å². The minimum absolute atomic E-state index is 0.0332. The molecular formula is C12H16BrN3O3. The van der Waals surface area contributed by atoms with E-state index in [9.17, 15) is 14.9 Å². The molecule has 0 saturated heterocycles. The molecule has 1 aromatic rings. The van der Waals surface area contributed by atoms with Crippen LogP contribution in [0.15, 0.2) is 22.7 Å². The van der Waals surface area contributed by atoms with Crippen molar-refractivity contribution < 1.29 is 9.72 Å². The number of nitrogens with two attached hydrogens (primary N) is 1. The number of halogens is 1.